The fraction of sp³-hybridized carbons (Fsp3) is 0.318. The van der Waals surface area contributed by atoms with E-state index < -0.39 is 0 Å². The summed E-state index contributed by atoms with van der Waals surface area (Å²) in [5.41, 5.74) is 3.47. The largest absolute Gasteiger partial charge is 0.350 e. The van der Waals surface area contributed by atoms with Crippen LogP contribution < -0.4 is 5.32 Å². The number of amides is 2. The molecule has 1 aromatic heterocycles. The topological polar surface area (TPSA) is 67.2 Å². The summed E-state index contributed by atoms with van der Waals surface area (Å²) in [7, 11) is 0. The SMILES string of the molecule is Cc1ccc(CNC(=O)Cn2nc(C(=O)N3CCCC3)c3ccccc32)cc1. The maximum atomic E-state index is 12.8. The molecule has 1 saturated heterocycles. The summed E-state index contributed by atoms with van der Waals surface area (Å²) in [5, 5.41) is 8.23. The van der Waals surface area contributed by atoms with E-state index >= 15 is 0 Å². The first-order chi connectivity index (χ1) is 13.6. The lowest BCUT2D eigenvalue weighted by atomic mass is 10.1. The highest BCUT2D eigenvalue weighted by Crippen LogP contribution is 2.21. The van der Waals surface area contributed by atoms with Gasteiger partial charge in [-0.05, 0) is 31.4 Å². The Labute approximate surface area is 164 Å². The number of rotatable bonds is 5. The van der Waals surface area contributed by atoms with E-state index in [0.717, 1.165) is 42.4 Å². The van der Waals surface area contributed by atoms with Gasteiger partial charge in [-0.3, -0.25) is 14.3 Å². The second-order valence-electron chi connectivity index (χ2n) is 7.29. The maximum absolute atomic E-state index is 12.8. The number of likely N-dealkylation sites (tertiary alicyclic amines) is 1. The molecule has 2 aromatic carbocycles. The molecule has 2 amide bonds. The van der Waals surface area contributed by atoms with E-state index in [0.29, 0.717) is 12.2 Å². The van der Waals surface area contributed by atoms with Gasteiger partial charge in [-0.2, -0.15) is 5.10 Å². The van der Waals surface area contributed by atoms with Crippen LogP contribution in [0.25, 0.3) is 10.9 Å². The molecule has 0 radical (unpaired) electrons. The third kappa shape index (κ3) is 3.76. The lowest BCUT2D eigenvalue weighted by Crippen LogP contribution is -2.29. The lowest BCUT2D eigenvalue weighted by Gasteiger charge is -2.13. The predicted octanol–water partition coefficient (Wildman–Crippen LogP) is 2.90. The Hall–Kier alpha value is -3.15. The molecule has 1 aliphatic rings. The normalized spacial score (nSPS) is 13.8. The van der Waals surface area contributed by atoms with Crippen molar-refractivity contribution in [2.45, 2.75) is 32.9 Å². The molecule has 0 bridgehead atoms. The number of para-hydroxylation sites is 1. The second kappa shape index (κ2) is 7.84. The molecule has 0 spiro atoms. The van der Waals surface area contributed by atoms with Crippen LogP contribution in [-0.4, -0.2) is 39.6 Å². The third-order valence-corrected chi connectivity index (χ3v) is 5.16. The minimum Gasteiger partial charge on any atom is -0.350 e. The molecule has 0 atom stereocenters. The molecule has 1 N–H and O–H groups in total. The minimum atomic E-state index is -0.131. The van der Waals surface area contributed by atoms with Gasteiger partial charge in [0, 0.05) is 25.0 Å². The van der Waals surface area contributed by atoms with Gasteiger partial charge in [0.2, 0.25) is 5.91 Å². The Morgan fingerprint density at radius 1 is 1.04 bits per heavy atom. The first-order valence-electron chi connectivity index (χ1n) is 9.69. The lowest BCUT2D eigenvalue weighted by molar-refractivity contribution is -0.121. The number of nitrogens with zero attached hydrogens (tertiary/aromatic N) is 3. The van der Waals surface area contributed by atoms with Gasteiger partial charge in [0.25, 0.3) is 5.91 Å². The summed E-state index contributed by atoms with van der Waals surface area (Å²) < 4.78 is 1.63. The molecule has 0 aliphatic carbocycles. The molecule has 6 nitrogen and oxygen atoms in total. The van der Waals surface area contributed by atoms with Crippen molar-refractivity contribution >= 4 is 22.7 Å². The number of carbonyl (C=O) groups excluding carboxylic acids is 2. The highest BCUT2D eigenvalue weighted by atomic mass is 16.2. The highest BCUT2D eigenvalue weighted by Gasteiger charge is 2.25. The number of carbonyl (C=O) groups is 2. The summed E-state index contributed by atoms with van der Waals surface area (Å²) >= 11 is 0. The van der Waals surface area contributed by atoms with Gasteiger partial charge < -0.3 is 10.2 Å². The van der Waals surface area contributed by atoms with Crippen LogP contribution >= 0.6 is 0 Å². The highest BCUT2D eigenvalue weighted by molar-refractivity contribution is 6.05. The number of hydrogen-bond acceptors (Lipinski definition) is 3. The third-order valence-electron chi connectivity index (χ3n) is 5.16. The molecule has 1 fully saturated rings. The molecule has 1 aliphatic heterocycles. The Bertz CT molecular complexity index is 1000. The zero-order chi connectivity index (χ0) is 19.5. The van der Waals surface area contributed by atoms with Crippen LogP contribution in [0, 0.1) is 6.92 Å². The molecule has 6 heteroatoms. The Kier molecular flexibility index (Phi) is 5.10. The summed E-state index contributed by atoms with van der Waals surface area (Å²) in [6.07, 6.45) is 2.07. The van der Waals surface area contributed by atoms with E-state index in [1.807, 2.05) is 60.4 Å². The van der Waals surface area contributed by atoms with Crippen LogP contribution in [-0.2, 0) is 17.9 Å². The van der Waals surface area contributed by atoms with Gasteiger partial charge >= 0.3 is 0 Å². The van der Waals surface area contributed by atoms with Crippen LogP contribution in [0.3, 0.4) is 0 Å². The number of benzene rings is 2. The van der Waals surface area contributed by atoms with Gasteiger partial charge in [-0.25, -0.2) is 0 Å². The van der Waals surface area contributed by atoms with Gasteiger partial charge in [-0.1, -0.05) is 48.0 Å². The summed E-state index contributed by atoms with van der Waals surface area (Å²) in [4.78, 5) is 27.2. The molecule has 4 rings (SSSR count). The van der Waals surface area contributed by atoms with Crippen molar-refractivity contribution in [2.24, 2.45) is 0 Å². The molecular formula is C22H24N4O2. The standard InChI is InChI=1S/C22H24N4O2/c1-16-8-10-17(11-9-16)14-23-20(27)15-26-19-7-3-2-6-18(19)21(24-26)22(28)25-12-4-5-13-25/h2-3,6-11H,4-5,12-15H2,1H3,(H,23,27). The number of hydrogen-bond donors (Lipinski definition) is 1. The van der Waals surface area contributed by atoms with Gasteiger partial charge in [0.1, 0.15) is 6.54 Å². The molecular weight excluding hydrogens is 352 g/mol. The van der Waals surface area contributed by atoms with Crippen LogP contribution in [0.1, 0.15) is 34.5 Å². The quantitative estimate of drug-likeness (QED) is 0.745. The smallest absolute Gasteiger partial charge is 0.275 e. The van der Waals surface area contributed by atoms with E-state index in [2.05, 4.69) is 10.4 Å². The summed E-state index contributed by atoms with van der Waals surface area (Å²) in [5.74, 6) is -0.179. The van der Waals surface area contributed by atoms with E-state index in [-0.39, 0.29) is 18.4 Å². The second-order valence-corrected chi connectivity index (χ2v) is 7.29. The molecule has 0 unspecified atom stereocenters. The fourth-order valence-electron chi connectivity index (χ4n) is 3.57. The van der Waals surface area contributed by atoms with Crippen molar-refractivity contribution in [2.75, 3.05) is 13.1 Å². The van der Waals surface area contributed by atoms with E-state index in [9.17, 15) is 9.59 Å². The Balaban J connectivity index is 1.51. The van der Waals surface area contributed by atoms with Crippen molar-refractivity contribution in [1.29, 1.82) is 0 Å². The average molecular weight is 376 g/mol. The number of aromatic nitrogens is 2. The first-order valence-corrected chi connectivity index (χ1v) is 9.69. The van der Waals surface area contributed by atoms with Crippen LogP contribution in [0.15, 0.2) is 48.5 Å². The van der Waals surface area contributed by atoms with Crippen molar-refractivity contribution in [3.63, 3.8) is 0 Å². The Morgan fingerprint density at radius 2 is 1.75 bits per heavy atom. The minimum absolute atomic E-state index is 0.0486. The van der Waals surface area contributed by atoms with Gasteiger partial charge in [0.05, 0.1) is 5.52 Å². The zero-order valence-corrected chi connectivity index (χ0v) is 16.0. The summed E-state index contributed by atoms with van der Waals surface area (Å²) in [6.45, 7) is 4.14. The summed E-state index contributed by atoms with van der Waals surface area (Å²) in [6, 6.07) is 15.7. The monoisotopic (exact) mass is 376 g/mol. The van der Waals surface area contributed by atoms with Crippen LogP contribution in [0.4, 0.5) is 0 Å². The number of nitrogens with one attached hydrogen (secondary N) is 1. The number of fused-ring (bicyclic) bond motifs is 1. The maximum Gasteiger partial charge on any atom is 0.275 e. The van der Waals surface area contributed by atoms with Crippen molar-refractivity contribution in [3.05, 3.63) is 65.4 Å². The van der Waals surface area contributed by atoms with E-state index in [4.69, 9.17) is 0 Å². The predicted molar refractivity (Wildman–Crippen MR) is 108 cm³/mol. The Morgan fingerprint density at radius 3 is 2.50 bits per heavy atom. The average Bonchev–Trinajstić information content (AvgIpc) is 3.36. The first kappa shape index (κ1) is 18.2. The molecule has 144 valence electrons. The fourth-order valence-corrected chi connectivity index (χ4v) is 3.57. The van der Waals surface area contributed by atoms with Crippen molar-refractivity contribution in [3.8, 4) is 0 Å². The molecule has 3 aromatic rings. The molecule has 28 heavy (non-hydrogen) atoms. The number of aryl methyl sites for hydroxylation is 1. The van der Waals surface area contributed by atoms with E-state index in [1.165, 1.54) is 5.56 Å². The van der Waals surface area contributed by atoms with E-state index in [1.54, 1.807) is 4.68 Å². The van der Waals surface area contributed by atoms with Gasteiger partial charge in [0.15, 0.2) is 5.69 Å². The van der Waals surface area contributed by atoms with Gasteiger partial charge in [-0.15, -0.1) is 0 Å². The van der Waals surface area contributed by atoms with Crippen molar-refractivity contribution < 1.29 is 9.59 Å². The van der Waals surface area contributed by atoms with Crippen LogP contribution in [0.2, 0.25) is 0 Å². The van der Waals surface area contributed by atoms with Crippen molar-refractivity contribution in [1.82, 2.24) is 20.0 Å². The molecule has 0 saturated carbocycles. The van der Waals surface area contributed by atoms with Crippen LogP contribution in [0.5, 0.6) is 0 Å². The molecule has 2 heterocycles. The zero-order valence-electron chi connectivity index (χ0n) is 16.0.